The predicted octanol–water partition coefficient (Wildman–Crippen LogP) is -1.61. The minimum atomic E-state index is -4.30. The molecule has 24 heavy (non-hydrogen) atoms. The summed E-state index contributed by atoms with van der Waals surface area (Å²) in [5.41, 5.74) is 5.06. The second kappa shape index (κ2) is 5.01. The lowest BCUT2D eigenvalue weighted by Gasteiger charge is -2.48. The van der Waals surface area contributed by atoms with E-state index in [4.69, 9.17) is 15.0 Å². The number of H-pyrrole nitrogens is 1. The predicted molar refractivity (Wildman–Crippen MR) is 79.4 cm³/mol. The lowest BCUT2D eigenvalue weighted by Crippen LogP contribution is -2.66. The quantitative estimate of drug-likeness (QED) is 0.393. The lowest BCUT2D eigenvalue weighted by molar-refractivity contribution is -0.172. The van der Waals surface area contributed by atoms with Crippen molar-refractivity contribution in [3.8, 4) is 0 Å². The van der Waals surface area contributed by atoms with Gasteiger partial charge in [-0.3, -0.25) is 23.6 Å². The number of ether oxygens (including phenoxy) is 1. The van der Waals surface area contributed by atoms with Crippen LogP contribution in [0, 0.1) is 0 Å². The number of nitrogens with zero attached hydrogens (tertiary/aromatic N) is 2. The molecule has 0 aliphatic carbocycles. The first-order chi connectivity index (χ1) is 11.3. The summed E-state index contributed by atoms with van der Waals surface area (Å²) in [4.78, 5) is 42.0. The number of hydrogen-bond acceptors (Lipinski definition) is 10. The summed E-state index contributed by atoms with van der Waals surface area (Å²) in [6, 6.07) is -0.978. The molecule has 0 aromatic carbocycles. The summed E-state index contributed by atoms with van der Waals surface area (Å²) in [6.07, 6.45) is -2.92. The molecule has 4 heterocycles. The SMILES string of the molecule is CN1c2nc(N)[nH]c(=O)c2NC2C(=O)C3OP(=O)(O)OCC3OC21. The maximum Gasteiger partial charge on any atom is 0.473 e. The highest BCUT2D eigenvalue weighted by atomic mass is 31.2. The van der Waals surface area contributed by atoms with Crippen molar-refractivity contribution in [3.63, 3.8) is 0 Å². The fraction of sp³-hybridized carbons (Fsp3) is 0.545. The summed E-state index contributed by atoms with van der Waals surface area (Å²) in [5, 5.41) is 2.76. The van der Waals surface area contributed by atoms with Crippen LogP contribution in [0.25, 0.3) is 0 Å². The van der Waals surface area contributed by atoms with Crippen LogP contribution in [0.4, 0.5) is 17.5 Å². The van der Waals surface area contributed by atoms with Crippen LogP contribution in [0.3, 0.4) is 0 Å². The Kier molecular flexibility index (Phi) is 3.24. The van der Waals surface area contributed by atoms with E-state index in [1.165, 1.54) is 4.90 Å². The standard InChI is InChI=1S/C11H14N5O7P/c1-16-8-5(9(18)15-11(12)14-8)13-4-6(17)7-3(22-10(4)16)2-21-24(19,20)23-7/h3-4,7,10,13H,2H2,1H3,(H,19,20)(H3,12,14,15,18). The number of rotatable bonds is 0. The Hall–Kier alpha value is -1.98. The van der Waals surface area contributed by atoms with Crippen molar-refractivity contribution in [2.75, 3.05) is 29.6 Å². The number of carbonyl (C=O) groups excluding carboxylic acids is 1. The Morgan fingerprint density at radius 1 is 1.46 bits per heavy atom. The molecule has 0 radical (unpaired) electrons. The number of hydrogen-bond donors (Lipinski definition) is 4. The van der Waals surface area contributed by atoms with Crippen LogP contribution in [-0.2, 0) is 23.1 Å². The zero-order valence-electron chi connectivity index (χ0n) is 12.3. The normalized spacial score (nSPS) is 37.9. The van der Waals surface area contributed by atoms with E-state index in [0.717, 1.165) is 0 Å². The van der Waals surface area contributed by atoms with Crippen molar-refractivity contribution in [1.29, 1.82) is 0 Å². The van der Waals surface area contributed by atoms with Gasteiger partial charge in [0.05, 0.1) is 6.61 Å². The topological polar surface area (TPSA) is 169 Å². The number of ketones is 1. The van der Waals surface area contributed by atoms with Crippen LogP contribution >= 0.6 is 7.82 Å². The number of Topliss-reactive ketones (excluding diaryl/α,β-unsaturated/α-hetero) is 1. The number of anilines is 3. The van der Waals surface area contributed by atoms with E-state index in [1.54, 1.807) is 7.05 Å². The summed E-state index contributed by atoms with van der Waals surface area (Å²) in [5.74, 6) is -0.354. The van der Waals surface area contributed by atoms with Crippen molar-refractivity contribution in [1.82, 2.24) is 9.97 Å². The highest BCUT2D eigenvalue weighted by Crippen LogP contribution is 2.50. The first-order valence-corrected chi connectivity index (χ1v) is 8.50. The van der Waals surface area contributed by atoms with Gasteiger partial charge in [-0.15, -0.1) is 0 Å². The van der Waals surface area contributed by atoms with Gasteiger partial charge in [-0.25, -0.2) is 4.57 Å². The van der Waals surface area contributed by atoms with Gasteiger partial charge in [-0.05, 0) is 0 Å². The van der Waals surface area contributed by atoms with Crippen LogP contribution in [0.5, 0.6) is 0 Å². The summed E-state index contributed by atoms with van der Waals surface area (Å²) in [7, 11) is -2.70. The molecule has 13 heteroatoms. The molecule has 1 aromatic heterocycles. The van der Waals surface area contributed by atoms with Gasteiger partial charge in [0.25, 0.3) is 5.56 Å². The third kappa shape index (κ3) is 2.23. The number of likely N-dealkylation sites (N-methyl/N-ethyl adjacent to an activating group) is 1. The molecule has 0 amide bonds. The molecule has 5 unspecified atom stereocenters. The van der Waals surface area contributed by atoms with Crippen LogP contribution < -0.4 is 21.5 Å². The number of fused-ring (bicyclic) bond motifs is 3. The average molecular weight is 359 g/mol. The van der Waals surface area contributed by atoms with Gasteiger partial charge in [0.2, 0.25) is 5.95 Å². The van der Waals surface area contributed by atoms with Crippen LogP contribution in [0.15, 0.2) is 4.79 Å². The Bertz CT molecular complexity index is 827. The molecule has 0 spiro atoms. The molecule has 4 rings (SSSR count). The molecule has 5 N–H and O–H groups in total. The number of aromatic nitrogens is 2. The van der Waals surface area contributed by atoms with E-state index in [1.807, 2.05) is 0 Å². The second-order valence-electron chi connectivity index (χ2n) is 5.64. The maximum atomic E-state index is 12.7. The van der Waals surface area contributed by atoms with Crippen molar-refractivity contribution >= 4 is 31.1 Å². The van der Waals surface area contributed by atoms with E-state index in [2.05, 4.69) is 19.8 Å². The molecular weight excluding hydrogens is 345 g/mol. The molecule has 12 nitrogen and oxygen atoms in total. The number of phosphoric ester groups is 1. The number of nitrogens with two attached hydrogens (primary N) is 1. The maximum absolute atomic E-state index is 12.7. The Labute approximate surface area is 134 Å². The Morgan fingerprint density at radius 3 is 2.96 bits per heavy atom. The lowest BCUT2D eigenvalue weighted by atomic mass is 9.95. The third-order valence-corrected chi connectivity index (χ3v) is 5.08. The molecule has 130 valence electrons. The molecule has 0 bridgehead atoms. The van der Waals surface area contributed by atoms with Gasteiger partial charge in [-0.1, -0.05) is 0 Å². The molecule has 5 atom stereocenters. The molecule has 3 aliphatic heterocycles. The third-order valence-electron chi connectivity index (χ3n) is 4.11. The molecule has 2 saturated heterocycles. The van der Waals surface area contributed by atoms with E-state index < -0.39 is 43.6 Å². The Morgan fingerprint density at radius 2 is 2.21 bits per heavy atom. The molecule has 3 aliphatic rings. The fourth-order valence-corrected chi connectivity index (χ4v) is 3.94. The molecule has 1 aromatic rings. The minimum absolute atomic E-state index is 0.0580. The monoisotopic (exact) mass is 359 g/mol. The molecule has 0 saturated carbocycles. The van der Waals surface area contributed by atoms with Gasteiger partial charge >= 0.3 is 7.82 Å². The first kappa shape index (κ1) is 15.5. The summed E-state index contributed by atoms with van der Waals surface area (Å²) < 4.78 is 26.9. The number of carbonyl (C=O) groups is 1. The van der Waals surface area contributed by atoms with Crippen LogP contribution in [-0.4, -0.2) is 58.8 Å². The first-order valence-electron chi connectivity index (χ1n) is 7.01. The zero-order valence-corrected chi connectivity index (χ0v) is 13.2. The van der Waals surface area contributed by atoms with Gasteiger partial charge < -0.3 is 25.6 Å². The smallest absolute Gasteiger partial charge is 0.369 e. The van der Waals surface area contributed by atoms with E-state index in [9.17, 15) is 19.0 Å². The van der Waals surface area contributed by atoms with E-state index >= 15 is 0 Å². The van der Waals surface area contributed by atoms with E-state index in [-0.39, 0.29) is 24.1 Å². The van der Waals surface area contributed by atoms with Crippen molar-refractivity contribution < 1.29 is 28.0 Å². The van der Waals surface area contributed by atoms with E-state index in [0.29, 0.717) is 0 Å². The van der Waals surface area contributed by atoms with Crippen molar-refractivity contribution in [2.24, 2.45) is 0 Å². The fourth-order valence-electron chi connectivity index (χ4n) is 3.01. The summed E-state index contributed by atoms with van der Waals surface area (Å²) in [6.45, 7) is -0.265. The van der Waals surface area contributed by atoms with Gasteiger partial charge in [0.15, 0.2) is 23.9 Å². The van der Waals surface area contributed by atoms with Crippen LogP contribution in [0.2, 0.25) is 0 Å². The second-order valence-corrected chi connectivity index (χ2v) is 7.05. The molecule has 2 fully saturated rings. The van der Waals surface area contributed by atoms with Crippen LogP contribution in [0.1, 0.15) is 0 Å². The average Bonchev–Trinajstić information content (AvgIpc) is 2.50. The minimum Gasteiger partial charge on any atom is -0.369 e. The van der Waals surface area contributed by atoms with Gasteiger partial charge in [-0.2, -0.15) is 4.98 Å². The van der Waals surface area contributed by atoms with Crippen molar-refractivity contribution in [3.05, 3.63) is 10.4 Å². The number of nitrogens with one attached hydrogen (secondary N) is 2. The van der Waals surface area contributed by atoms with Crippen molar-refractivity contribution in [2.45, 2.75) is 24.5 Å². The number of phosphoric acid groups is 1. The largest absolute Gasteiger partial charge is 0.473 e. The summed E-state index contributed by atoms with van der Waals surface area (Å²) >= 11 is 0. The highest BCUT2D eigenvalue weighted by Gasteiger charge is 2.54. The highest BCUT2D eigenvalue weighted by molar-refractivity contribution is 7.47. The van der Waals surface area contributed by atoms with Gasteiger partial charge in [0.1, 0.15) is 17.8 Å². The molecular formula is C11H14N5O7P. The number of nitrogen functional groups attached to an aromatic ring is 1. The number of aromatic amines is 1. The zero-order chi connectivity index (χ0) is 17.2. The Balaban J connectivity index is 1.73. The van der Waals surface area contributed by atoms with Gasteiger partial charge in [0, 0.05) is 7.05 Å².